The van der Waals surface area contributed by atoms with Gasteiger partial charge in [0.1, 0.15) is 17.6 Å². The van der Waals surface area contributed by atoms with Crippen molar-refractivity contribution in [1.82, 2.24) is 9.78 Å². The molecule has 1 aliphatic carbocycles. The van der Waals surface area contributed by atoms with Crippen LogP contribution in [0.4, 0.5) is 11.4 Å². The molecule has 1 atom stereocenters. The molecule has 0 fully saturated rings. The molecular formula is C23H25BrN4O2. The summed E-state index contributed by atoms with van der Waals surface area (Å²) >= 11 is 3.59. The lowest BCUT2D eigenvalue weighted by Gasteiger charge is -2.29. The van der Waals surface area contributed by atoms with E-state index in [4.69, 9.17) is 14.9 Å². The fourth-order valence-electron chi connectivity index (χ4n) is 4.00. The molecule has 6 nitrogen and oxygen atoms in total. The van der Waals surface area contributed by atoms with Crippen LogP contribution in [0.2, 0.25) is 0 Å². The second kappa shape index (κ2) is 8.52. The van der Waals surface area contributed by atoms with Crippen LogP contribution < -0.4 is 14.8 Å². The Morgan fingerprint density at radius 3 is 2.87 bits per heavy atom. The molecule has 1 unspecified atom stereocenters. The van der Waals surface area contributed by atoms with Crippen LogP contribution in [0.15, 0.2) is 41.1 Å². The molecule has 30 heavy (non-hydrogen) atoms. The number of methoxy groups -OCH3 is 1. The molecule has 156 valence electrons. The second-order valence-corrected chi connectivity index (χ2v) is 8.38. The smallest absolute Gasteiger partial charge is 0.136 e. The summed E-state index contributed by atoms with van der Waals surface area (Å²) in [6.07, 6.45) is 7.96. The van der Waals surface area contributed by atoms with Crippen molar-refractivity contribution >= 4 is 33.5 Å². The molecule has 4 rings (SSSR count). The minimum Gasteiger partial charge on any atom is -0.495 e. The van der Waals surface area contributed by atoms with Gasteiger partial charge in [0, 0.05) is 36.7 Å². The molecule has 0 amide bonds. The third-order valence-corrected chi connectivity index (χ3v) is 6.07. The summed E-state index contributed by atoms with van der Waals surface area (Å²) in [4.78, 5) is 0. The average molecular weight is 469 g/mol. The summed E-state index contributed by atoms with van der Waals surface area (Å²) in [5.41, 5.74) is 5.89. The molecule has 0 saturated heterocycles. The van der Waals surface area contributed by atoms with E-state index in [-0.39, 0.29) is 6.10 Å². The number of aryl methyl sites for hydroxylation is 2. The first-order valence-electron chi connectivity index (χ1n) is 9.93. The molecule has 2 aromatic carbocycles. The van der Waals surface area contributed by atoms with Gasteiger partial charge >= 0.3 is 0 Å². The van der Waals surface area contributed by atoms with Gasteiger partial charge in [0.25, 0.3) is 0 Å². The van der Waals surface area contributed by atoms with Crippen LogP contribution in [0.3, 0.4) is 0 Å². The lowest BCUT2D eigenvalue weighted by Crippen LogP contribution is -2.17. The summed E-state index contributed by atoms with van der Waals surface area (Å²) in [5, 5.41) is 15.3. The van der Waals surface area contributed by atoms with Gasteiger partial charge in [-0.05, 0) is 65.4 Å². The second-order valence-electron chi connectivity index (χ2n) is 7.52. The van der Waals surface area contributed by atoms with E-state index in [9.17, 15) is 0 Å². The number of hydrogen-bond donors (Lipinski definition) is 2. The van der Waals surface area contributed by atoms with Crippen LogP contribution in [0.1, 0.15) is 41.2 Å². The Kier molecular flexibility index (Phi) is 5.81. The Balaban J connectivity index is 1.67. The van der Waals surface area contributed by atoms with E-state index < -0.39 is 0 Å². The van der Waals surface area contributed by atoms with E-state index in [0.717, 1.165) is 57.7 Å². The number of hydrogen-bond acceptors (Lipinski definition) is 5. The Morgan fingerprint density at radius 2 is 2.17 bits per heavy atom. The van der Waals surface area contributed by atoms with Gasteiger partial charge in [-0.2, -0.15) is 5.10 Å². The summed E-state index contributed by atoms with van der Waals surface area (Å²) in [6, 6.07) is 8.11. The molecule has 1 aromatic heterocycles. The van der Waals surface area contributed by atoms with Crippen molar-refractivity contribution in [3.05, 3.63) is 63.4 Å². The number of fused-ring (bicyclic) bond motifs is 1. The maximum absolute atomic E-state index is 7.79. The molecular weight excluding hydrogens is 444 g/mol. The topological polar surface area (TPSA) is 72.2 Å². The fraction of sp³-hybridized carbons (Fsp3) is 0.304. The normalized spacial score (nSPS) is 15.4. The van der Waals surface area contributed by atoms with E-state index in [1.54, 1.807) is 18.0 Å². The lowest BCUT2D eigenvalue weighted by molar-refractivity contribution is 0.181. The van der Waals surface area contributed by atoms with Gasteiger partial charge in [-0.1, -0.05) is 6.07 Å². The van der Waals surface area contributed by atoms with Gasteiger partial charge in [0.2, 0.25) is 0 Å². The predicted molar refractivity (Wildman–Crippen MR) is 123 cm³/mol. The molecule has 0 saturated carbocycles. The van der Waals surface area contributed by atoms with Crippen molar-refractivity contribution < 1.29 is 9.47 Å². The number of halogens is 1. The predicted octanol–water partition coefficient (Wildman–Crippen LogP) is 5.70. The van der Waals surface area contributed by atoms with Gasteiger partial charge in [-0.15, -0.1) is 0 Å². The first-order valence-corrected chi connectivity index (χ1v) is 10.7. The summed E-state index contributed by atoms with van der Waals surface area (Å²) in [7, 11) is 3.58. The highest BCUT2D eigenvalue weighted by Crippen LogP contribution is 2.42. The van der Waals surface area contributed by atoms with E-state index in [1.165, 1.54) is 17.3 Å². The van der Waals surface area contributed by atoms with Gasteiger partial charge in [0.05, 0.1) is 29.2 Å². The average Bonchev–Trinajstić information content (AvgIpc) is 3.14. The monoisotopic (exact) mass is 468 g/mol. The molecule has 3 aromatic rings. The van der Waals surface area contributed by atoms with Crippen molar-refractivity contribution in [2.24, 2.45) is 7.05 Å². The number of benzene rings is 2. The molecule has 2 N–H and O–H groups in total. The highest BCUT2D eigenvalue weighted by molar-refractivity contribution is 9.10. The molecule has 7 heteroatoms. The zero-order valence-electron chi connectivity index (χ0n) is 17.3. The quantitative estimate of drug-likeness (QED) is 0.455. The summed E-state index contributed by atoms with van der Waals surface area (Å²) < 4.78 is 14.9. The maximum Gasteiger partial charge on any atom is 0.136 e. The van der Waals surface area contributed by atoms with Crippen molar-refractivity contribution in [2.45, 2.75) is 32.3 Å². The fourth-order valence-corrected chi connectivity index (χ4v) is 4.53. The highest BCUT2D eigenvalue weighted by Gasteiger charge is 2.26. The molecule has 0 aliphatic heterocycles. The Morgan fingerprint density at radius 1 is 1.33 bits per heavy atom. The Hall–Kier alpha value is -2.80. The van der Waals surface area contributed by atoms with Crippen molar-refractivity contribution in [3.8, 4) is 11.5 Å². The number of nitrogens with zero attached hydrogens (tertiary/aromatic N) is 2. The Bertz CT molecular complexity index is 1090. The van der Waals surface area contributed by atoms with Crippen molar-refractivity contribution in [3.63, 3.8) is 0 Å². The van der Waals surface area contributed by atoms with Crippen LogP contribution in [-0.4, -0.2) is 23.1 Å². The minimum atomic E-state index is -0.0356. The molecule has 0 bridgehead atoms. The molecule has 0 spiro atoms. The molecule has 1 aliphatic rings. The Labute approximate surface area is 184 Å². The van der Waals surface area contributed by atoms with Gasteiger partial charge < -0.3 is 20.2 Å². The zero-order chi connectivity index (χ0) is 21.3. The van der Waals surface area contributed by atoms with E-state index in [1.807, 2.05) is 38.4 Å². The molecule has 0 radical (unpaired) electrons. The maximum atomic E-state index is 7.79. The van der Waals surface area contributed by atoms with Crippen LogP contribution in [0.5, 0.6) is 11.5 Å². The number of ether oxygens (including phenoxy) is 2. The third-order valence-electron chi connectivity index (χ3n) is 5.45. The first-order chi connectivity index (χ1) is 14.5. The minimum absolute atomic E-state index is 0.0356. The standard InChI is InChI=1S/C23H25BrN4O2/c1-14-9-15(11-25)20(27-16-12-26-28(2)13-16)10-22(14)30-21-6-4-5-18-17(21)7-8-19(24)23(18)29-3/h7-13,21,25,27H,4-6H2,1-3H3. The van der Waals surface area contributed by atoms with Gasteiger partial charge in [0.15, 0.2) is 0 Å². The van der Waals surface area contributed by atoms with Crippen LogP contribution in [0.25, 0.3) is 0 Å². The van der Waals surface area contributed by atoms with Crippen LogP contribution in [0, 0.1) is 12.3 Å². The van der Waals surface area contributed by atoms with Crippen molar-refractivity contribution in [2.75, 3.05) is 12.4 Å². The highest BCUT2D eigenvalue weighted by atomic mass is 79.9. The number of rotatable bonds is 6. The summed E-state index contributed by atoms with van der Waals surface area (Å²) in [5.74, 6) is 1.71. The number of nitrogens with one attached hydrogen (secondary N) is 2. The van der Waals surface area contributed by atoms with E-state index in [0.29, 0.717) is 0 Å². The summed E-state index contributed by atoms with van der Waals surface area (Å²) in [6.45, 7) is 2.02. The van der Waals surface area contributed by atoms with E-state index in [2.05, 4.69) is 32.4 Å². The molecule has 1 heterocycles. The van der Waals surface area contributed by atoms with E-state index >= 15 is 0 Å². The van der Waals surface area contributed by atoms with Crippen LogP contribution >= 0.6 is 15.9 Å². The van der Waals surface area contributed by atoms with Crippen molar-refractivity contribution in [1.29, 1.82) is 5.41 Å². The number of aromatic nitrogens is 2. The third kappa shape index (κ3) is 3.94. The van der Waals surface area contributed by atoms with Gasteiger partial charge in [-0.3, -0.25) is 4.68 Å². The first kappa shape index (κ1) is 20.5. The largest absolute Gasteiger partial charge is 0.495 e. The zero-order valence-corrected chi connectivity index (χ0v) is 18.9. The van der Waals surface area contributed by atoms with Crippen LogP contribution in [-0.2, 0) is 13.5 Å². The van der Waals surface area contributed by atoms with Gasteiger partial charge in [-0.25, -0.2) is 0 Å². The number of anilines is 2. The SMILES string of the molecule is COc1c(Br)ccc2c1CCCC2Oc1cc(Nc2cnn(C)c2)c(C=N)cc1C. The lowest BCUT2D eigenvalue weighted by atomic mass is 9.88.